The van der Waals surface area contributed by atoms with Gasteiger partial charge < -0.3 is 4.46 Å². The maximum absolute atomic E-state index is 10.4. The van der Waals surface area contributed by atoms with Gasteiger partial charge in [-0.25, -0.2) is 0 Å². The van der Waals surface area contributed by atoms with Crippen LogP contribution in [-0.4, -0.2) is 19.6 Å². The largest absolute Gasteiger partial charge is 0.386 e. The highest BCUT2D eigenvalue weighted by Crippen LogP contribution is 1.89. The summed E-state index contributed by atoms with van der Waals surface area (Å²) in [7, 11) is 0.419. The minimum atomic E-state index is -0.754. The van der Waals surface area contributed by atoms with Gasteiger partial charge in [-0.15, -0.1) is 0 Å². The number of rotatable bonds is 1. The summed E-state index contributed by atoms with van der Waals surface area (Å²) in [5, 5.41) is 2.44. The van der Waals surface area contributed by atoms with Gasteiger partial charge in [0, 0.05) is 10.2 Å². The SMILES string of the molecule is Cc1ccccc1[SiH]=O.[SiH3]c1ccccc1. The van der Waals surface area contributed by atoms with E-state index in [0.717, 1.165) is 10.8 Å². The molecule has 82 valence electrons. The molecule has 0 fully saturated rings. The van der Waals surface area contributed by atoms with Crippen molar-refractivity contribution >= 4 is 30.0 Å². The van der Waals surface area contributed by atoms with E-state index in [1.165, 1.54) is 15.4 Å². The molecular weight excluding hydrogens is 228 g/mol. The molecule has 0 aliphatic heterocycles. The molecule has 0 amide bonds. The van der Waals surface area contributed by atoms with Crippen LogP contribution < -0.4 is 10.4 Å². The van der Waals surface area contributed by atoms with E-state index in [9.17, 15) is 4.46 Å². The zero-order valence-electron chi connectivity index (χ0n) is 9.68. The van der Waals surface area contributed by atoms with Gasteiger partial charge in [-0.2, -0.15) is 0 Å². The molecule has 0 radical (unpaired) electrons. The van der Waals surface area contributed by atoms with Crippen molar-refractivity contribution < 1.29 is 4.46 Å². The Morgan fingerprint density at radius 1 is 0.938 bits per heavy atom. The van der Waals surface area contributed by atoms with E-state index in [0.29, 0.717) is 0 Å². The predicted octanol–water partition coefficient (Wildman–Crippen LogP) is 0.0796. The molecule has 0 aromatic heterocycles. The lowest BCUT2D eigenvalue weighted by Crippen LogP contribution is -2.08. The fraction of sp³-hybridized carbons (Fsp3) is 0.0769. The normalized spacial score (nSPS) is 9.06. The molecule has 0 atom stereocenters. The number of hydrogen-bond acceptors (Lipinski definition) is 1. The summed E-state index contributed by atoms with van der Waals surface area (Å²) >= 11 is 0. The number of aryl methyl sites for hydroxylation is 1. The Kier molecular flexibility index (Phi) is 5.60. The van der Waals surface area contributed by atoms with Gasteiger partial charge >= 0.3 is 0 Å². The molecule has 2 rings (SSSR count). The average molecular weight is 244 g/mol. The van der Waals surface area contributed by atoms with Crippen molar-refractivity contribution in [3.05, 3.63) is 60.2 Å². The second kappa shape index (κ2) is 7.03. The van der Waals surface area contributed by atoms with Gasteiger partial charge in [0.2, 0.25) is 0 Å². The first-order valence-electron chi connectivity index (χ1n) is 5.26. The summed E-state index contributed by atoms with van der Waals surface area (Å²) in [5.41, 5.74) is 1.13. The van der Waals surface area contributed by atoms with Crippen LogP contribution in [0, 0.1) is 6.92 Å². The van der Waals surface area contributed by atoms with Crippen LogP contribution in [0.2, 0.25) is 0 Å². The van der Waals surface area contributed by atoms with Gasteiger partial charge in [-0.1, -0.05) is 59.8 Å². The third-order valence-corrected chi connectivity index (χ3v) is 3.82. The summed E-state index contributed by atoms with van der Waals surface area (Å²) in [5.74, 6) is 0. The summed E-state index contributed by atoms with van der Waals surface area (Å²) in [6.07, 6.45) is 0. The van der Waals surface area contributed by atoms with E-state index in [2.05, 4.69) is 24.3 Å². The van der Waals surface area contributed by atoms with Crippen molar-refractivity contribution in [2.75, 3.05) is 0 Å². The maximum Gasteiger partial charge on any atom is 0.296 e. The average Bonchev–Trinajstić information content (AvgIpc) is 2.31. The number of hydrogen-bond donors (Lipinski definition) is 0. The van der Waals surface area contributed by atoms with E-state index in [1.54, 1.807) is 0 Å². The van der Waals surface area contributed by atoms with Crippen molar-refractivity contribution in [2.24, 2.45) is 0 Å². The molecular formula is C13H16OSi2. The van der Waals surface area contributed by atoms with Crippen molar-refractivity contribution in [1.82, 2.24) is 0 Å². The first kappa shape index (κ1) is 12.7. The molecule has 0 spiro atoms. The van der Waals surface area contributed by atoms with Crippen LogP contribution in [0.3, 0.4) is 0 Å². The van der Waals surface area contributed by atoms with Gasteiger partial charge in [0.25, 0.3) is 9.41 Å². The van der Waals surface area contributed by atoms with Crippen molar-refractivity contribution in [2.45, 2.75) is 6.92 Å². The molecule has 0 aliphatic carbocycles. The monoisotopic (exact) mass is 244 g/mol. The Bertz CT molecular complexity index is 441. The van der Waals surface area contributed by atoms with Crippen LogP contribution in [0.5, 0.6) is 0 Å². The highest BCUT2D eigenvalue weighted by Gasteiger charge is 1.91. The molecule has 0 bridgehead atoms. The minimum absolute atomic E-state index is 0.754. The molecule has 0 unspecified atom stereocenters. The lowest BCUT2D eigenvalue weighted by atomic mass is 10.2. The molecule has 0 heterocycles. The summed E-state index contributed by atoms with van der Waals surface area (Å²) < 4.78 is 10.4. The van der Waals surface area contributed by atoms with Crippen LogP contribution in [-0.2, 0) is 4.46 Å². The summed E-state index contributed by atoms with van der Waals surface area (Å²) in [6, 6.07) is 18.2. The topological polar surface area (TPSA) is 17.1 Å². The van der Waals surface area contributed by atoms with Gasteiger partial charge in [0.05, 0.1) is 0 Å². The first-order valence-corrected chi connectivity index (χ1v) is 7.31. The van der Waals surface area contributed by atoms with E-state index in [-0.39, 0.29) is 0 Å². The van der Waals surface area contributed by atoms with E-state index >= 15 is 0 Å². The van der Waals surface area contributed by atoms with Crippen LogP contribution >= 0.6 is 0 Å². The van der Waals surface area contributed by atoms with Gasteiger partial charge in [0.1, 0.15) is 0 Å². The van der Waals surface area contributed by atoms with E-state index in [4.69, 9.17) is 0 Å². The van der Waals surface area contributed by atoms with E-state index in [1.807, 2.05) is 37.3 Å². The Morgan fingerprint density at radius 3 is 1.88 bits per heavy atom. The minimum Gasteiger partial charge on any atom is -0.386 e. The van der Waals surface area contributed by atoms with Crippen molar-refractivity contribution in [3.63, 3.8) is 0 Å². The van der Waals surface area contributed by atoms with Crippen molar-refractivity contribution in [3.8, 4) is 0 Å². The van der Waals surface area contributed by atoms with Crippen molar-refractivity contribution in [1.29, 1.82) is 0 Å². The Hall–Kier alpha value is -1.33. The fourth-order valence-electron chi connectivity index (χ4n) is 1.25. The molecule has 0 N–H and O–H groups in total. The highest BCUT2D eigenvalue weighted by molar-refractivity contribution is 6.39. The lowest BCUT2D eigenvalue weighted by Gasteiger charge is -1.92. The Balaban J connectivity index is 0.000000165. The molecule has 2 aromatic rings. The fourth-order valence-corrected chi connectivity index (χ4v) is 2.11. The van der Waals surface area contributed by atoms with E-state index < -0.39 is 9.41 Å². The quantitative estimate of drug-likeness (QED) is 0.649. The maximum atomic E-state index is 10.4. The first-order chi connectivity index (χ1) is 7.74. The van der Waals surface area contributed by atoms with Gasteiger partial charge in [-0.3, -0.25) is 0 Å². The van der Waals surface area contributed by atoms with Crippen LogP contribution in [0.1, 0.15) is 5.56 Å². The van der Waals surface area contributed by atoms with Crippen LogP contribution in [0.15, 0.2) is 54.6 Å². The molecule has 2 aromatic carbocycles. The van der Waals surface area contributed by atoms with Crippen LogP contribution in [0.25, 0.3) is 0 Å². The van der Waals surface area contributed by atoms with Gasteiger partial charge in [-0.05, 0) is 17.7 Å². The summed E-state index contributed by atoms with van der Waals surface area (Å²) in [6.45, 7) is 1.97. The molecule has 0 saturated heterocycles. The summed E-state index contributed by atoms with van der Waals surface area (Å²) in [4.78, 5) is 0. The zero-order chi connectivity index (χ0) is 11.8. The lowest BCUT2D eigenvalue weighted by molar-refractivity contribution is 0.583. The predicted molar refractivity (Wildman–Crippen MR) is 74.7 cm³/mol. The third-order valence-electron chi connectivity index (χ3n) is 2.26. The third kappa shape index (κ3) is 4.46. The van der Waals surface area contributed by atoms with Crippen LogP contribution in [0.4, 0.5) is 0 Å². The second-order valence-electron chi connectivity index (χ2n) is 3.63. The Labute approximate surface area is 102 Å². The molecule has 3 heteroatoms. The number of benzene rings is 2. The zero-order valence-corrected chi connectivity index (χ0v) is 12.8. The molecule has 0 saturated carbocycles. The van der Waals surface area contributed by atoms with Gasteiger partial charge in [0.15, 0.2) is 0 Å². The highest BCUT2D eigenvalue weighted by atomic mass is 28.2. The molecule has 1 nitrogen and oxygen atoms in total. The molecule has 16 heavy (non-hydrogen) atoms. The standard InChI is InChI=1S/C7H8OSi.C6H8Si/c1-6-4-2-3-5-7(6)9-8;7-6-4-2-1-3-5-6/h2-5,9H,1H3;1-5H,7H3. The smallest absolute Gasteiger partial charge is 0.296 e. The Morgan fingerprint density at radius 2 is 1.50 bits per heavy atom. The molecule has 0 aliphatic rings. The second-order valence-corrected chi connectivity index (χ2v) is 5.64.